The van der Waals surface area contributed by atoms with Crippen molar-refractivity contribution in [3.05, 3.63) is 76.1 Å². The van der Waals surface area contributed by atoms with Gasteiger partial charge in [0, 0.05) is 17.8 Å². The number of rotatable bonds is 7. The summed E-state index contributed by atoms with van der Waals surface area (Å²) < 4.78 is 5.59. The van der Waals surface area contributed by atoms with Crippen molar-refractivity contribution in [3.63, 3.8) is 0 Å². The second kappa shape index (κ2) is 9.75. The second-order valence-electron chi connectivity index (χ2n) is 7.49. The fourth-order valence-corrected chi connectivity index (χ4v) is 5.21. The van der Waals surface area contributed by atoms with Gasteiger partial charge >= 0.3 is 0 Å². The van der Waals surface area contributed by atoms with Crippen molar-refractivity contribution >= 4 is 22.2 Å². The molecular formula is C24H25N3O2S. The second-order valence-corrected chi connectivity index (χ2v) is 8.60. The molecule has 0 bridgehead atoms. The summed E-state index contributed by atoms with van der Waals surface area (Å²) in [6, 6.07) is 16.0. The number of nitriles is 1. The minimum Gasteiger partial charge on any atom is -0.467 e. The summed E-state index contributed by atoms with van der Waals surface area (Å²) in [5.74, 6) is 0.733. The van der Waals surface area contributed by atoms with Crippen LogP contribution < -0.4 is 10.6 Å². The summed E-state index contributed by atoms with van der Waals surface area (Å²) in [4.78, 5) is 13.9. The lowest BCUT2D eigenvalue weighted by Gasteiger charge is -2.17. The highest BCUT2D eigenvalue weighted by molar-refractivity contribution is 7.16. The van der Waals surface area contributed by atoms with Gasteiger partial charge in [-0.15, -0.1) is 11.3 Å². The quantitative estimate of drug-likeness (QED) is 0.517. The molecule has 4 rings (SSSR count). The highest BCUT2D eigenvalue weighted by Gasteiger charge is 2.21. The molecule has 2 heterocycles. The molecule has 154 valence electrons. The minimum absolute atomic E-state index is 0.0818. The maximum absolute atomic E-state index is 12.6. The Morgan fingerprint density at radius 3 is 2.73 bits per heavy atom. The van der Waals surface area contributed by atoms with E-state index in [0.717, 1.165) is 42.6 Å². The molecule has 1 aliphatic carbocycles. The van der Waals surface area contributed by atoms with Crippen LogP contribution in [0.2, 0.25) is 0 Å². The van der Waals surface area contributed by atoms with Crippen molar-refractivity contribution in [2.75, 3.05) is 11.9 Å². The lowest BCUT2D eigenvalue weighted by atomic mass is 10.0. The molecular weight excluding hydrogens is 394 g/mol. The Bertz CT molecular complexity index is 1020. The van der Waals surface area contributed by atoms with Gasteiger partial charge in [-0.05, 0) is 48.9 Å². The van der Waals surface area contributed by atoms with Crippen LogP contribution in [0.25, 0.3) is 0 Å². The number of furan rings is 1. The third-order valence-electron chi connectivity index (χ3n) is 5.45. The summed E-state index contributed by atoms with van der Waals surface area (Å²) in [5.41, 5.74) is 2.90. The first-order valence-electron chi connectivity index (χ1n) is 10.4. The number of anilines is 1. The minimum atomic E-state index is -0.110. The Morgan fingerprint density at radius 2 is 1.97 bits per heavy atom. The Morgan fingerprint density at radius 1 is 1.13 bits per heavy atom. The molecule has 30 heavy (non-hydrogen) atoms. The first-order chi connectivity index (χ1) is 14.8. The van der Waals surface area contributed by atoms with Gasteiger partial charge in [-0.1, -0.05) is 36.8 Å². The summed E-state index contributed by atoms with van der Waals surface area (Å²) >= 11 is 1.57. The summed E-state index contributed by atoms with van der Waals surface area (Å²) in [7, 11) is 0. The number of hydrogen-bond donors (Lipinski definition) is 2. The van der Waals surface area contributed by atoms with Crippen LogP contribution in [-0.4, -0.2) is 12.5 Å². The van der Waals surface area contributed by atoms with Crippen LogP contribution in [0.15, 0.2) is 53.1 Å². The van der Waals surface area contributed by atoms with Gasteiger partial charge in [0.1, 0.15) is 16.8 Å². The zero-order valence-electron chi connectivity index (χ0n) is 16.8. The monoisotopic (exact) mass is 419 g/mol. The van der Waals surface area contributed by atoms with Crippen molar-refractivity contribution in [2.45, 2.75) is 44.6 Å². The van der Waals surface area contributed by atoms with E-state index in [-0.39, 0.29) is 11.9 Å². The molecule has 1 amide bonds. The fraction of sp³-hybridized carbons (Fsp3) is 0.333. The fourth-order valence-electron chi connectivity index (χ4n) is 3.95. The third kappa shape index (κ3) is 4.64. The Labute approximate surface area is 180 Å². The first kappa shape index (κ1) is 20.4. The average molecular weight is 420 g/mol. The van der Waals surface area contributed by atoms with Gasteiger partial charge in [-0.2, -0.15) is 5.26 Å². The average Bonchev–Trinajstić information content (AvgIpc) is 3.34. The first-order valence-corrected chi connectivity index (χ1v) is 11.2. The molecule has 1 aromatic carbocycles. The van der Waals surface area contributed by atoms with Gasteiger partial charge < -0.3 is 15.1 Å². The van der Waals surface area contributed by atoms with Crippen LogP contribution in [0.1, 0.15) is 59.1 Å². The van der Waals surface area contributed by atoms with Crippen molar-refractivity contribution in [2.24, 2.45) is 0 Å². The van der Waals surface area contributed by atoms with Gasteiger partial charge in [0.25, 0.3) is 0 Å². The van der Waals surface area contributed by atoms with Crippen LogP contribution in [0.5, 0.6) is 0 Å². The molecule has 0 radical (unpaired) electrons. The standard InChI is InChI=1S/C24H25N3O2S/c25-16-19-18-10-5-2-6-12-21(18)30-24(19)27-22(28)13-14-26-23(20-11-7-15-29-20)17-8-3-1-4-9-17/h1,3-4,7-9,11,15,23,26H,2,5-6,10,12-14H2,(H,27,28)/t23-/m1/s1. The number of nitrogens with one attached hydrogen (secondary N) is 2. The zero-order chi connectivity index (χ0) is 20.8. The molecule has 0 saturated carbocycles. The molecule has 2 aromatic heterocycles. The van der Waals surface area contributed by atoms with E-state index in [1.807, 2.05) is 42.5 Å². The molecule has 0 fully saturated rings. The van der Waals surface area contributed by atoms with E-state index < -0.39 is 0 Å². The number of hydrogen-bond acceptors (Lipinski definition) is 5. The highest BCUT2D eigenvalue weighted by Crippen LogP contribution is 2.37. The molecule has 1 aliphatic rings. The normalized spacial score (nSPS) is 14.4. The largest absolute Gasteiger partial charge is 0.467 e. The third-order valence-corrected chi connectivity index (χ3v) is 6.65. The Kier molecular flexibility index (Phi) is 6.63. The predicted molar refractivity (Wildman–Crippen MR) is 119 cm³/mol. The Balaban J connectivity index is 1.39. The molecule has 3 aromatic rings. The number of aryl methyl sites for hydroxylation is 1. The van der Waals surface area contributed by atoms with Gasteiger partial charge in [-0.25, -0.2) is 0 Å². The van der Waals surface area contributed by atoms with Gasteiger partial charge in [-0.3, -0.25) is 4.79 Å². The number of amides is 1. The highest BCUT2D eigenvalue weighted by atomic mass is 32.1. The SMILES string of the molecule is N#Cc1c(NC(=O)CCN[C@H](c2ccccc2)c2ccco2)sc2c1CCCCC2. The van der Waals surface area contributed by atoms with Crippen LogP contribution in [0.3, 0.4) is 0 Å². The number of benzene rings is 1. The van der Waals surface area contributed by atoms with Crippen molar-refractivity contribution in [3.8, 4) is 6.07 Å². The number of fused-ring (bicyclic) bond motifs is 1. The van der Waals surface area contributed by atoms with Crippen molar-refractivity contribution in [1.29, 1.82) is 5.26 Å². The molecule has 5 nitrogen and oxygen atoms in total. The topological polar surface area (TPSA) is 78.1 Å². The maximum Gasteiger partial charge on any atom is 0.226 e. The summed E-state index contributed by atoms with van der Waals surface area (Å²) in [6.07, 6.45) is 7.40. The van der Waals surface area contributed by atoms with E-state index in [4.69, 9.17) is 4.42 Å². The van der Waals surface area contributed by atoms with E-state index in [1.54, 1.807) is 17.6 Å². The van der Waals surface area contributed by atoms with E-state index >= 15 is 0 Å². The smallest absolute Gasteiger partial charge is 0.226 e. The van der Waals surface area contributed by atoms with Gasteiger partial charge in [0.05, 0.1) is 17.9 Å². The Hall–Kier alpha value is -2.88. The number of carbonyl (C=O) groups excluding carboxylic acids is 1. The molecule has 0 spiro atoms. The van der Waals surface area contributed by atoms with E-state index in [2.05, 4.69) is 16.7 Å². The van der Waals surface area contributed by atoms with Crippen LogP contribution in [-0.2, 0) is 17.6 Å². The van der Waals surface area contributed by atoms with Crippen LogP contribution >= 0.6 is 11.3 Å². The number of carbonyl (C=O) groups is 1. The van der Waals surface area contributed by atoms with Crippen LogP contribution in [0.4, 0.5) is 5.00 Å². The molecule has 1 atom stereocenters. The number of nitrogens with zero attached hydrogens (tertiary/aromatic N) is 1. The maximum atomic E-state index is 12.6. The van der Waals surface area contributed by atoms with Crippen molar-refractivity contribution in [1.82, 2.24) is 5.32 Å². The van der Waals surface area contributed by atoms with E-state index in [0.29, 0.717) is 23.5 Å². The predicted octanol–water partition coefficient (Wildman–Crippen LogP) is 5.19. The van der Waals surface area contributed by atoms with Gasteiger partial charge in [0.15, 0.2) is 0 Å². The number of thiophene rings is 1. The van der Waals surface area contributed by atoms with Crippen molar-refractivity contribution < 1.29 is 9.21 Å². The van der Waals surface area contributed by atoms with Gasteiger partial charge in [0.2, 0.25) is 5.91 Å². The molecule has 0 saturated heterocycles. The molecule has 0 aliphatic heterocycles. The van der Waals surface area contributed by atoms with E-state index in [1.165, 1.54) is 11.3 Å². The summed E-state index contributed by atoms with van der Waals surface area (Å²) in [6.45, 7) is 0.499. The molecule has 6 heteroatoms. The van der Waals surface area contributed by atoms with E-state index in [9.17, 15) is 10.1 Å². The summed E-state index contributed by atoms with van der Waals surface area (Å²) in [5, 5.41) is 16.7. The molecule has 2 N–H and O–H groups in total. The lowest BCUT2D eigenvalue weighted by Crippen LogP contribution is -2.26. The zero-order valence-corrected chi connectivity index (χ0v) is 17.6. The lowest BCUT2D eigenvalue weighted by molar-refractivity contribution is -0.116. The van der Waals surface area contributed by atoms with Crippen LogP contribution in [0, 0.1) is 11.3 Å². The molecule has 0 unspecified atom stereocenters.